The lowest BCUT2D eigenvalue weighted by molar-refractivity contribution is -0.161. The highest BCUT2D eigenvalue weighted by atomic mass is 31.2. The van der Waals surface area contributed by atoms with E-state index in [0.717, 1.165) is 102 Å². The van der Waals surface area contributed by atoms with Crippen LogP contribution in [0.3, 0.4) is 0 Å². The van der Waals surface area contributed by atoms with Crippen molar-refractivity contribution in [2.45, 2.75) is 471 Å². The summed E-state index contributed by atoms with van der Waals surface area (Å²) in [5.41, 5.74) is 0. The molecule has 0 aliphatic rings. The van der Waals surface area contributed by atoms with Gasteiger partial charge in [0.1, 0.15) is 19.3 Å². The largest absolute Gasteiger partial charge is 0.472 e. The number of carbonyl (C=O) groups is 4. The third-order valence-corrected chi connectivity index (χ3v) is 22.2. The molecule has 0 heterocycles. The van der Waals surface area contributed by atoms with E-state index in [1.165, 1.54) is 270 Å². The van der Waals surface area contributed by atoms with E-state index < -0.39 is 97.5 Å². The Labute approximate surface area is 638 Å². The first kappa shape index (κ1) is 102. The molecule has 0 amide bonds. The van der Waals surface area contributed by atoms with Gasteiger partial charge in [-0.2, -0.15) is 0 Å². The van der Waals surface area contributed by atoms with Gasteiger partial charge in [-0.1, -0.05) is 401 Å². The highest BCUT2D eigenvalue weighted by molar-refractivity contribution is 7.47. The number of phosphoric ester groups is 2. The number of hydrogen-bond acceptors (Lipinski definition) is 15. The molecule has 0 aromatic carbocycles. The van der Waals surface area contributed by atoms with Gasteiger partial charge < -0.3 is 33.8 Å². The fourth-order valence-electron chi connectivity index (χ4n) is 13.2. The van der Waals surface area contributed by atoms with Crippen LogP contribution in [0.25, 0.3) is 0 Å². The normalized spacial score (nSPS) is 14.1. The van der Waals surface area contributed by atoms with E-state index in [9.17, 15) is 43.2 Å². The third-order valence-electron chi connectivity index (χ3n) is 20.3. The first-order valence-corrected chi connectivity index (χ1v) is 47.0. The quantitative estimate of drug-likeness (QED) is 0.0222. The molecule has 0 fully saturated rings. The Morgan fingerprint density at radius 3 is 0.731 bits per heavy atom. The Morgan fingerprint density at radius 2 is 0.490 bits per heavy atom. The molecule has 17 nitrogen and oxygen atoms in total. The average molecular weight is 1520 g/mol. The van der Waals surface area contributed by atoms with Crippen molar-refractivity contribution in [3.63, 3.8) is 0 Å². The maximum absolute atomic E-state index is 13.1. The number of ether oxygens (including phenoxy) is 4. The van der Waals surface area contributed by atoms with E-state index >= 15 is 0 Å². The summed E-state index contributed by atoms with van der Waals surface area (Å²) in [4.78, 5) is 73.2. The molecule has 0 aliphatic heterocycles. The second-order valence-corrected chi connectivity index (χ2v) is 34.2. The van der Waals surface area contributed by atoms with Gasteiger partial charge in [-0.05, 0) is 37.5 Å². The second-order valence-electron chi connectivity index (χ2n) is 31.3. The molecule has 3 N–H and O–H groups in total. The van der Waals surface area contributed by atoms with Crippen molar-refractivity contribution >= 4 is 39.5 Å². The number of rotatable bonds is 84. The van der Waals surface area contributed by atoms with Gasteiger partial charge in [-0.3, -0.25) is 37.3 Å². The van der Waals surface area contributed by atoms with Crippen LogP contribution in [0.5, 0.6) is 0 Å². The van der Waals surface area contributed by atoms with Crippen molar-refractivity contribution < 1.29 is 80.2 Å². The van der Waals surface area contributed by atoms with E-state index in [-0.39, 0.29) is 25.7 Å². The lowest BCUT2D eigenvalue weighted by atomic mass is 9.99. The van der Waals surface area contributed by atoms with Crippen molar-refractivity contribution in [2.24, 2.45) is 11.8 Å². The predicted octanol–water partition coefficient (Wildman–Crippen LogP) is 25.8. The van der Waals surface area contributed by atoms with Gasteiger partial charge in [0.15, 0.2) is 12.2 Å². The number of unbranched alkanes of at least 4 members (excludes halogenated alkanes) is 53. The van der Waals surface area contributed by atoms with Crippen LogP contribution in [0, 0.1) is 11.8 Å². The maximum atomic E-state index is 13.1. The Balaban J connectivity index is 5.24. The third kappa shape index (κ3) is 76.8. The highest BCUT2D eigenvalue weighted by Gasteiger charge is 2.30. The monoisotopic (exact) mass is 1520 g/mol. The summed E-state index contributed by atoms with van der Waals surface area (Å²) >= 11 is 0. The zero-order chi connectivity index (χ0) is 76.4. The van der Waals surface area contributed by atoms with E-state index in [1.807, 2.05) is 0 Å². The van der Waals surface area contributed by atoms with Crippen LogP contribution in [-0.2, 0) is 65.4 Å². The Hall–Kier alpha value is -1.94. The van der Waals surface area contributed by atoms with Gasteiger partial charge in [-0.25, -0.2) is 9.13 Å². The number of phosphoric acid groups is 2. The number of aliphatic hydroxyl groups excluding tert-OH is 1. The molecule has 0 saturated carbocycles. The minimum absolute atomic E-state index is 0.108. The molecular formula is C85H166O17P2. The van der Waals surface area contributed by atoms with Gasteiger partial charge in [0.2, 0.25) is 0 Å². The summed E-state index contributed by atoms with van der Waals surface area (Å²) in [5, 5.41) is 10.7. The molecule has 618 valence electrons. The number of esters is 4. The van der Waals surface area contributed by atoms with Crippen LogP contribution in [0.15, 0.2) is 0 Å². The number of aliphatic hydroxyl groups is 1. The molecule has 0 saturated heterocycles. The van der Waals surface area contributed by atoms with Crippen LogP contribution >= 0.6 is 15.6 Å². The molecule has 0 bridgehead atoms. The Kier molecular flexibility index (Phi) is 75.0. The van der Waals surface area contributed by atoms with Gasteiger partial charge in [-0.15, -0.1) is 0 Å². The highest BCUT2D eigenvalue weighted by Crippen LogP contribution is 2.45. The average Bonchev–Trinajstić information content (AvgIpc) is 0.910. The van der Waals surface area contributed by atoms with Crippen molar-refractivity contribution in [2.75, 3.05) is 39.6 Å². The number of hydrogen-bond donors (Lipinski definition) is 3. The molecule has 3 unspecified atom stereocenters. The lowest BCUT2D eigenvalue weighted by Crippen LogP contribution is -2.30. The number of carbonyl (C=O) groups excluding carboxylic acids is 4. The van der Waals surface area contributed by atoms with Crippen molar-refractivity contribution in [1.29, 1.82) is 0 Å². The maximum Gasteiger partial charge on any atom is 0.472 e. The molecule has 0 aromatic rings. The molecule has 0 aromatic heterocycles. The minimum atomic E-state index is -4.96. The van der Waals surface area contributed by atoms with Crippen LogP contribution in [0.1, 0.15) is 452 Å². The van der Waals surface area contributed by atoms with Gasteiger partial charge >= 0.3 is 39.5 Å². The Bertz CT molecular complexity index is 2000. The van der Waals surface area contributed by atoms with E-state index in [1.54, 1.807) is 0 Å². The fraction of sp³-hybridized carbons (Fsp3) is 0.953. The molecule has 0 spiro atoms. The molecule has 0 rings (SSSR count). The SMILES string of the molecule is CCCCCCCCCCCCCCCCCC(=O)OC[C@H](COP(=O)(O)OC[C@@H](O)COP(=O)(O)OC[C@@H](COC(=O)CCCCCCCCCCCC(C)C)OC(=O)CCCCCCCCCCCCCCCCC)OC(=O)CCCCCCCCCCCCCCCCCCCCC(C)CC. The van der Waals surface area contributed by atoms with E-state index in [4.69, 9.17) is 37.0 Å². The molecule has 104 heavy (non-hydrogen) atoms. The molecule has 0 radical (unpaired) electrons. The first-order valence-electron chi connectivity index (χ1n) is 44.0. The van der Waals surface area contributed by atoms with Gasteiger partial charge in [0, 0.05) is 25.7 Å². The van der Waals surface area contributed by atoms with Gasteiger partial charge in [0.25, 0.3) is 0 Å². The summed E-state index contributed by atoms with van der Waals surface area (Å²) in [6, 6.07) is 0. The van der Waals surface area contributed by atoms with Crippen LogP contribution in [0.2, 0.25) is 0 Å². The first-order chi connectivity index (χ1) is 50.4. The van der Waals surface area contributed by atoms with E-state index in [2.05, 4.69) is 41.5 Å². The summed E-state index contributed by atoms with van der Waals surface area (Å²) < 4.78 is 68.9. The summed E-state index contributed by atoms with van der Waals surface area (Å²) in [7, 11) is -9.93. The van der Waals surface area contributed by atoms with Crippen LogP contribution < -0.4 is 0 Å². The smallest absolute Gasteiger partial charge is 0.462 e. The van der Waals surface area contributed by atoms with Crippen LogP contribution in [0.4, 0.5) is 0 Å². The van der Waals surface area contributed by atoms with Gasteiger partial charge in [0.05, 0.1) is 26.4 Å². The molecule has 6 atom stereocenters. The zero-order valence-corrected chi connectivity index (χ0v) is 70.1. The lowest BCUT2D eigenvalue weighted by Gasteiger charge is -2.21. The molecule has 19 heteroatoms. The summed E-state index contributed by atoms with van der Waals surface area (Å²) in [6.45, 7) is 9.72. The van der Waals surface area contributed by atoms with Crippen LogP contribution in [-0.4, -0.2) is 96.7 Å². The van der Waals surface area contributed by atoms with Crippen molar-refractivity contribution in [1.82, 2.24) is 0 Å². The summed E-state index contributed by atoms with van der Waals surface area (Å²) in [6.07, 6.45) is 67.9. The Morgan fingerprint density at radius 1 is 0.279 bits per heavy atom. The minimum Gasteiger partial charge on any atom is -0.462 e. The second kappa shape index (κ2) is 76.4. The molecular weight excluding hydrogens is 1350 g/mol. The molecule has 0 aliphatic carbocycles. The standard InChI is InChI=1S/C85H166O17P2/c1-7-10-12-14-16-18-20-22-28-33-37-43-49-55-61-67-82(87)95-73-80(101-85(90)70-64-58-52-45-39-35-31-27-25-24-26-30-32-36-42-48-54-60-66-78(6)9-3)75-99-103(91,92)97-71-79(86)72-98-104(93,94)100-76-81(74-96-83(88)68-62-56-50-46-40-41-47-53-59-65-77(4)5)102-84(89)69-63-57-51-44-38-34-29-23-21-19-17-15-13-11-8-2/h77-81,86H,7-76H2,1-6H3,(H,91,92)(H,93,94)/t78?,79-,80-,81-/m1/s1. The van der Waals surface area contributed by atoms with Crippen molar-refractivity contribution in [3.05, 3.63) is 0 Å². The zero-order valence-electron chi connectivity index (χ0n) is 68.3. The predicted molar refractivity (Wildman–Crippen MR) is 428 cm³/mol. The van der Waals surface area contributed by atoms with Crippen molar-refractivity contribution in [3.8, 4) is 0 Å². The van der Waals surface area contributed by atoms with E-state index in [0.29, 0.717) is 25.7 Å². The topological polar surface area (TPSA) is 237 Å². The summed E-state index contributed by atoms with van der Waals surface area (Å²) in [5.74, 6) is -0.487. The fourth-order valence-corrected chi connectivity index (χ4v) is 14.8.